The van der Waals surface area contributed by atoms with E-state index in [1.807, 2.05) is 35.2 Å². The third-order valence-corrected chi connectivity index (χ3v) is 7.51. The number of nitrogens with zero attached hydrogens (tertiary/aromatic N) is 3. The highest BCUT2D eigenvalue weighted by Gasteiger charge is 2.53. The van der Waals surface area contributed by atoms with E-state index in [-0.39, 0.29) is 22.1 Å². The molecule has 0 aliphatic carbocycles. The van der Waals surface area contributed by atoms with Crippen molar-refractivity contribution < 1.29 is 34.0 Å². The van der Waals surface area contributed by atoms with E-state index in [1.54, 1.807) is 0 Å². The Bertz CT molecular complexity index is 1240. The molecule has 1 saturated heterocycles. The maximum absolute atomic E-state index is 13.0. The molecule has 2 aromatic rings. The maximum Gasteiger partial charge on any atom is 0.307 e. The Morgan fingerprint density at radius 2 is 2.06 bits per heavy atom. The summed E-state index contributed by atoms with van der Waals surface area (Å²) in [7, 11) is 0. The summed E-state index contributed by atoms with van der Waals surface area (Å²) in [5.74, 6) is -3.49. The number of pyridine rings is 1. The molecule has 0 spiro atoms. The molecule has 0 aromatic carbocycles. The standard InChI is InChI=1S/C22H21N5O6S2/c23-22-24-14(11-35-22)13(4-5-15(28)29)18(30)25-16-19(31)27-17(21(32)33)12(10-34-20(16)27)6-9-26-7-2-1-3-8-26/h1-4,7-8,11,16,20H,5-6,9-10H2,(H4-,23,24,25,28,29,30,32,33)/t16-,20-/m1/s1. The summed E-state index contributed by atoms with van der Waals surface area (Å²) in [5.41, 5.74) is 6.24. The van der Waals surface area contributed by atoms with Crippen molar-refractivity contribution >= 4 is 57.6 Å². The highest BCUT2D eigenvalue weighted by molar-refractivity contribution is 8.00. The van der Waals surface area contributed by atoms with Crippen LogP contribution in [-0.4, -0.2) is 55.9 Å². The van der Waals surface area contributed by atoms with Crippen molar-refractivity contribution in [3.05, 3.63) is 59.0 Å². The van der Waals surface area contributed by atoms with Gasteiger partial charge in [-0.1, -0.05) is 12.1 Å². The molecular formula is C22H21N5O6S2. The lowest BCUT2D eigenvalue weighted by Crippen LogP contribution is -2.71. The highest BCUT2D eigenvalue weighted by Crippen LogP contribution is 2.41. The van der Waals surface area contributed by atoms with Crippen LogP contribution in [-0.2, 0) is 25.7 Å². The number of hydrogen-bond donors (Lipinski definition) is 3. The number of rotatable bonds is 9. The number of β-lactam (4-membered cyclic amide) rings is 1. The molecule has 0 saturated carbocycles. The maximum atomic E-state index is 13.0. The van der Waals surface area contributed by atoms with Crippen LogP contribution in [0.3, 0.4) is 0 Å². The number of nitrogens with two attached hydrogens (primary N) is 1. The SMILES string of the molecule is Nc1nc(C(=CCC(=O)O)C(=O)N[C@@H]2C(=O)N3C(C(=O)[O-])=C(CC[n+]4ccccc4)CS[C@H]23)cs1. The lowest BCUT2D eigenvalue weighted by molar-refractivity contribution is -0.696. The first-order valence-corrected chi connectivity index (χ1v) is 12.5. The van der Waals surface area contributed by atoms with Gasteiger partial charge in [-0.15, -0.1) is 23.1 Å². The number of carbonyl (C=O) groups excluding carboxylic acids is 3. The molecule has 2 atom stereocenters. The smallest absolute Gasteiger partial charge is 0.307 e. The van der Waals surface area contributed by atoms with E-state index in [2.05, 4.69) is 10.3 Å². The van der Waals surface area contributed by atoms with Crippen molar-refractivity contribution in [2.75, 3.05) is 11.5 Å². The summed E-state index contributed by atoms with van der Waals surface area (Å²) in [6, 6.07) is 4.63. The van der Waals surface area contributed by atoms with Crippen LogP contribution in [0.5, 0.6) is 0 Å². The van der Waals surface area contributed by atoms with Gasteiger partial charge in [-0.2, -0.15) is 0 Å². The number of thioether (sulfide) groups is 1. The molecule has 2 amide bonds. The summed E-state index contributed by atoms with van der Waals surface area (Å²) in [4.78, 5) is 54.0. The lowest BCUT2D eigenvalue weighted by Gasteiger charge is -2.50. The molecule has 0 unspecified atom stereocenters. The molecule has 1 fully saturated rings. The minimum atomic E-state index is -1.44. The van der Waals surface area contributed by atoms with Gasteiger partial charge >= 0.3 is 5.97 Å². The Balaban J connectivity index is 1.50. The normalized spacial score (nSPS) is 19.7. The predicted octanol–water partition coefficient (Wildman–Crippen LogP) is -0.635. The summed E-state index contributed by atoms with van der Waals surface area (Å²) < 4.78 is 1.91. The summed E-state index contributed by atoms with van der Waals surface area (Å²) in [6.07, 6.45) is 4.93. The van der Waals surface area contributed by atoms with E-state index in [0.717, 1.165) is 16.2 Å². The van der Waals surface area contributed by atoms with Crippen molar-refractivity contribution in [3.8, 4) is 0 Å². The Labute approximate surface area is 208 Å². The van der Waals surface area contributed by atoms with Crippen molar-refractivity contribution in [1.82, 2.24) is 15.2 Å². The molecule has 182 valence electrons. The van der Waals surface area contributed by atoms with E-state index >= 15 is 0 Å². The second kappa shape index (κ2) is 10.3. The molecule has 2 aromatic heterocycles. The van der Waals surface area contributed by atoms with Crippen LogP contribution in [0.4, 0.5) is 5.13 Å². The number of carbonyl (C=O) groups is 4. The van der Waals surface area contributed by atoms with E-state index in [4.69, 9.17) is 10.8 Å². The zero-order valence-corrected chi connectivity index (χ0v) is 19.9. The van der Waals surface area contributed by atoms with Gasteiger partial charge in [-0.05, 0) is 5.57 Å². The Morgan fingerprint density at radius 3 is 2.69 bits per heavy atom. The number of aromatic nitrogens is 2. The van der Waals surface area contributed by atoms with Gasteiger partial charge in [0.05, 0.1) is 29.4 Å². The van der Waals surface area contributed by atoms with Crippen molar-refractivity contribution in [2.24, 2.45) is 0 Å². The third-order valence-electron chi connectivity index (χ3n) is 5.50. The largest absolute Gasteiger partial charge is 0.543 e. The minimum Gasteiger partial charge on any atom is -0.543 e. The Morgan fingerprint density at radius 1 is 1.31 bits per heavy atom. The van der Waals surface area contributed by atoms with Crippen LogP contribution in [0, 0.1) is 0 Å². The molecule has 13 heteroatoms. The number of carboxylic acid groups (broad SMARTS) is 2. The zero-order valence-electron chi connectivity index (χ0n) is 18.2. The number of hydrogen-bond acceptors (Lipinski definition) is 9. The number of fused-ring (bicyclic) bond motifs is 1. The number of anilines is 1. The van der Waals surface area contributed by atoms with Crippen LogP contribution in [0.2, 0.25) is 0 Å². The predicted molar refractivity (Wildman–Crippen MR) is 125 cm³/mol. The third kappa shape index (κ3) is 5.20. The number of aliphatic carboxylic acids is 2. The molecule has 35 heavy (non-hydrogen) atoms. The van der Waals surface area contributed by atoms with E-state index < -0.39 is 41.6 Å². The number of carboxylic acids is 2. The van der Waals surface area contributed by atoms with E-state index in [0.29, 0.717) is 24.3 Å². The summed E-state index contributed by atoms with van der Waals surface area (Å²) in [5, 5.41) is 24.6. The number of thiazole rings is 1. The van der Waals surface area contributed by atoms with Gasteiger partial charge in [0, 0.05) is 29.7 Å². The van der Waals surface area contributed by atoms with Gasteiger partial charge in [0.25, 0.3) is 11.8 Å². The fourth-order valence-corrected chi connectivity index (χ4v) is 5.80. The second-order valence-electron chi connectivity index (χ2n) is 7.75. The number of nitrogens with one attached hydrogen (secondary N) is 1. The van der Waals surface area contributed by atoms with Crippen LogP contribution in [0.25, 0.3) is 5.57 Å². The number of amides is 2. The molecule has 2 aliphatic rings. The Hall–Kier alpha value is -3.71. The molecule has 11 nitrogen and oxygen atoms in total. The van der Waals surface area contributed by atoms with Gasteiger partial charge < -0.3 is 26.1 Å². The molecule has 2 aliphatic heterocycles. The topological polar surface area (TPSA) is 170 Å². The molecule has 0 radical (unpaired) electrons. The molecule has 0 bridgehead atoms. The first-order chi connectivity index (χ1) is 16.8. The quantitative estimate of drug-likeness (QED) is 0.223. The van der Waals surface area contributed by atoms with Gasteiger partial charge in [0.2, 0.25) is 0 Å². The number of nitrogen functional groups attached to an aromatic ring is 1. The van der Waals surface area contributed by atoms with Crippen LogP contribution < -0.4 is 20.7 Å². The summed E-state index contributed by atoms with van der Waals surface area (Å²) >= 11 is 2.43. The van der Waals surface area contributed by atoms with Gasteiger partial charge in [0.1, 0.15) is 11.4 Å². The first kappa shape index (κ1) is 24.4. The summed E-state index contributed by atoms with van der Waals surface area (Å²) in [6.45, 7) is 0.537. The van der Waals surface area contributed by atoms with Crippen LogP contribution in [0.1, 0.15) is 18.5 Å². The van der Waals surface area contributed by atoms with Gasteiger partial charge in [-0.25, -0.2) is 9.55 Å². The average molecular weight is 516 g/mol. The first-order valence-electron chi connectivity index (χ1n) is 10.5. The lowest BCUT2D eigenvalue weighted by atomic mass is 10.0. The van der Waals surface area contributed by atoms with Gasteiger partial charge in [-0.3, -0.25) is 19.3 Å². The Kier molecular flexibility index (Phi) is 7.17. The average Bonchev–Trinajstić information content (AvgIpc) is 3.26. The highest BCUT2D eigenvalue weighted by atomic mass is 32.2. The van der Waals surface area contributed by atoms with E-state index in [9.17, 15) is 24.3 Å². The second-order valence-corrected chi connectivity index (χ2v) is 9.75. The molecular weight excluding hydrogens is 494 g/mol. The molecule has 4 N–H and O–H groups in total. The monoisotopic (exact) mass is 515 g/mol. The van der Waals surface area contributed by atoms with Crippen molar-refractivity contribution in [3.63, 3.8) is 0 Å². The zero-order chi connectivity index (χ0) is 25.1. The van der Waals surface area contributed by atoms with Crippen molar-refractivity contribution in [2.45, 2.75) is 30.8 Å². The molecule has 4 rings (SSSR count). The fourth-order valence-electron chi connectivity index (χ4n) is 3.84. The van der Waals surface area contributed by atoms with Gasteiger partial charge in [0.15, 0.2) is 24.1 Å². The molecule has 4 heterocycles. The van der Waals surface area contributed by atoms with Crippen molar-refractivity contribution in [1.29, 1.82) is 0 Å². The van der Waals surface area contributed by atoms with Crippen LogP contribution >= 0.6 is 23.1 Å². The fraction of sp³-hybridized carbons (Fsp3) is 0.273. The van der Waals surface area contributed by atoms with Crippen LogP contribution in [0.15, 0.2) is 53.3 Å². The van der Waals surface area contributed by atoms with E-state index in [1.165, 1.54) is 23.2 Å². The number of aryl methyl sites for hydroxylation is 1. The minimum absolute atomic E-state index is 0.0244.